The maximum atomic E-state index is 12.2. The zero-order chi connectivity index (χ0) is 14.0. The summed E-state index contributed by atoms with van der Waals surface area (Å²) in [5.41, 5.74) is 2.03. The van der Waals surface area contributed by atoms with Crippen molar-refractivity contribution in [2.75, 3.05) is 18.6 Å². The molecule has 2 atom stereocenters. The van der Waals surface area contributed by atoms with E-state index in [1.165, 1.54) is 0 Å². The number of carbonyl (C=O) groups excluding carboxylic acids is 1. The van der Waals surface area contributed by atoms with E-state index in [1.54, 1.807) is 0 Å². The predicted octanol–water partition coefficient (Wildman–Crippen LogP) is 1.61. The highest BCUT2D eigenvalue weighted by Crippen LogP contribution is 2.27. The van der Waals surface area contributed by atoms with Crippen LogP contribution >= 0.6 is 0 Å². The van der Waals surface area contributed by atoms with Gasteiger partial charge in [0.05, 0.1) is 6.10 Å². The van der Waals surface area contributed by atoms with Crippen LogP contribution in [0.25, 0.3) is 0 Å². The van der Waals surface area contributed by atoms with E-state index >= 15 is 0 Å². The van der Waals surface area contributed by atoms with Crippen molar-refractivity contribution < 1.29 is 14.6 Å². The van der Waals surface area contributed by atoms with Crippen LogP contribution in [-0.4, -0.2) is 36.9 Å². The van der Waals surface area contributed by atoms with E-state index in [1.807, 2.05) is 50.1 Å². The molecular weight excluding hydrogens is 242 g/mol. The Morgan fingerprint density at radius 1 is 1.37 bits per heavy atom. The van der Waals surface area contributed by atoms with Crippen LogP contribution in [-0.2, 0) is 16.0 Å². The van der Waals surface area contributed by atoms with Crippen LogP contribution in [0.5, 0.6) is 0 Å². The summed E-state index contributed by atoms with van der Waals surface area (Å²) in [6.45, 7) is 4.06. The Balaban J connectivity index is 2.45. The highest BCUT2D eigenvalue weighted by Gasteiger charge is 2.31. The summed E-state index contributed by atoms with van der Waals surface area (Å²) in [6, 6.07) is 7.54. The molecule has 0 amide bonds. The van der Waals surface area contributed by atoms with E-state index in [9.17, 15) is 9.90 Å². The first-order valence-corrected chi connectivity index (χ1v) is 6.66. The van der Waals surface area contributed by atoms with Crippen molar-refractivity contribution >= 4 is 11.7 Å². The molecule has 0 aliphatic carbocycles. The van der Waals surface area contributed by atoms with Crippen LogP contribution in [0.4, 0.5) is 5.69 Å². The molecule has 1 aliphatic heterocycles. The zero-order valence-corrected chi connectivity index (χ0v) is 11.7. The lowest BCUT2D eigenvalue weighted by Crippen LogP contribution is -2.44. The topological polar surface area (TPSA) is 49.8 Å². The number of fused-ring (bicyclic) bond motifs is 1. The van der Waals surface area contributed by atoms with Crippen molar-refractivity contribution in [3.63, 3.8) is 0 Å². The molecule has 1 aliphatic rings. The average molecular weight is 263 g/mol. The molecular formula is C15H21NO3. The maximum absolute atomic E-state index is 12.2. The van der Waals surface area contributed by atoms with Crippen LogP contribution < -0.4 is 4.90 Å². The Morgan fingerprint density at radius 3 is 2.74 bits per heavy atom. The van der Waals surface area contributed by atoms with Crippen molar-refractivity contribution in [1.82, 2.24) is 0 Å². The number of hydrogen-bond acceptors (Lipinski definition) is 4. The van der Waals surface area contributed by atoms with Crippen LogP contribution in [0, 0.1) is 5.92 Å². The summed E-state index contributed by atoms with van der Waals surface area (Å²) in [6.07, 6.45) is -0.150. The first-order chi connectivity index (χ1) is 9.00. The number of likely N-dealkylation sites (N-methyl/N-ethyl adjacent to an activating group) is 1. The molecule has 104 valence electrons. The largest absolute Gasteiger partial charge is 0.461 e. The van der Waals surface area contributed by atoms with Gasteiger partial charge in [-0.25, -0.2) is 4.79 Å². The highest BCUT2D eigenvalue weighted by molar-refractivity contribution is 5.81. The number of para-hydroxylation sites is 1. The molecule has 0 radical (unpaired) electrons. The predicted molar refractivity (Wildman–Crippen MR) is 74.1 cm³/mol. The molecule has 0 spiro atoms. The molecule has 0 saturated heterocycles. The fourth-order valence-corrected chi connectivity index (χ4v) is 2.63. The van der Waals surface area contributed by atoms with Crippen LogP contribution in [0.1, 0.15) is 19.4 Å². The number of ether oxygens (including phenoxy) is 1. The van der Waals surface area contributed by atoms with Gasteiger partial charge in [0.15, 0.2) is 0 Å². The second-order valence-corrected chi connectivity index (χ2v) is 5.42. The number of aliphatic hydroxyl groups is 1. The number of carbonyl (C=O) groups is 1. The summed E-state index contributed by atoms with van der Waals surface area (Å²) < 4.78 is 5.22. The van der Waals surface area contributed by atoms with Crippen LogP contribution in [0.3, 0.4) is 0 Å². The van der Waals surface area contributed by atoms with Gasteiger partial charge in [-0.2, -0.15) is 0 Å². The number of esters is 1. The lowest BCUT2D eigenvalue weighted by atomic mass is 10.0. The number of anilines is 1. The first kappa shape index (κ1) is 13.9. The third kappa shape index (κ3) is 2.89. The Hall–Kier alpha value is -1.55. The molecule has 1 heterocycles. The quantitative estimate of drug-likeness (QED) is 0.782. The average Bonchev–Trinajstić information content (AvgIpc) is 2.40. The van der Waals surface area contributed by atoms with E-state index < -0.39 is 6.10 Å². The van der Waals surface area contributed by atoms with Crippen LogP contribution in [0.15, 0.2) is 24.3 Å². The molecule has 0 fully saturated rings. The fourth-order valence-electron chi connectivity index (χ4n) is 2.63. The fraction of sp³-hybridized carbons (Fsp3) is 0.533. The van der Waals surface area contributed by atoms with Gasteiger partial charge in [0, 0.05) is 19.2 Å². The number of hydrogen-bond donors (Lipinski definition) is 1. The van der Waals surface area contributed by atoms with Crippen LogP contribution in [0.2, 0.25) is 0 Å². The number of rotatable bonds is 1. The van der Waals surface area contributed by atoms with Crippen molar-refractivity contribution in [2.24, 2.45) is 5.92 Å². The summed E-state index contributed by atoms with van der Waals surface area (Å²) in [4.78, 5) is 14.1. The minimum absolute atomic E-state index is 0.0597. The van der Waals surface area contributed by atoms with Crippen molar-refractivity contribution in [1.29, 1.82) is 0 Å². The highest BCUT2D eigenvalue weighted by atomic mass is 16.5. The lowest BCUT2D eigenvalue weighted by Gasteiger charge is -2.31. The van der Waals surface area contributed by atoms with Gasteiger partial charge in [0.25, 0.3) is 0 Å². The Bertz CT molecular complexity index is 458. The Labute approximate surface area is 114 Å². The van der Waals surface area contributed by atoms with Gasteiger partial charge in [-0.05, 0) is 17.5 Å². The molecule has 0 saturated carbocycles. The molecule has 0 aromatic heterocycles. The summed E-state index contributed by atoms with van der Waals surface area (Å²) in [7, 11) is 1.91. The van der Waals surface area contributed by atoms with Gasteiger partial charge in [0.2, 0.25) is 0 Å². The normalized spacial score (nSPS) is 24.3. The molecule has 0 bridgehead atoms. The smallest absolute Gasteiger partial charge is 0.329 e. The number of benzene rings is 1. The number of nitrogens with zero attached hydrogens (tertiary/aromatic N) is 1. The molecule has 1 N–H and O–H groups in total. The van der Waals surface area contributed by atoms with E-state index in [4.69, 9.17) is 4.74 Å². The maximum Gasteiger partial charge on any atom is 0.329 e. The molecule has 1 aromatic rings. The van der Waals surface area contributed by atoms with Crippen molar-refractivity contribution in [2.45, 2.75) is 32.4 Å². The standard InChI is InChI=1S/C15H21NO3/c1-10(2)14-15(18)19-9-12(17)8-11-6-4-5-7-13(11)16(14)3/h4-7,10,12,14,17H,8-9H2,1-3H3/t12-,14-/m0/s1. The summed E-state index contributed by atoms with van der Waals surface area (Å²) in [5.74, 6) is -0.131. The van der Waals surface area contributed by atoms with Gasteiger partial charge in [-0.3, -0.25) is 0 Å². The third-order valence-electron chi connectivity index (χ3n) is 3.54. The molecule has 4 heteroatoms. The zero-order valence-electron chi connectivity index (χ0n) is 11.7. The minimum Gasteiger partial charge on any atom is -0.461 e. The minimum atomic E-state index is -0.649. The molecule has 0 unspecified atom stereocenters. The lowest BCUT2D eigenvalue weighted by molar-refractivity contribution is -0.149. The van der Waals surface area contributed by atoms with Gasteiger partial charge in [0.1, 0.15) is 12.6 Å². The van der Waals surface area contributed by atoms with Crippen molar-refractivity contribution in [3.8, 4) is 0 Å². The first-order valence-electron chi connectivity index (χ1n) is 6.66. The van der Waals surface area contributed by atoms with E-state index in [0.29, 0.717) is 6.42 Å². The second-order valence-electron chi connectivity index (χ2n) is 5.42. The third-order valence-corrected chi connectivity index (χ3v) is 3.54. The SMILES string of the molecule is CC(C)[C@H]1C(=O)OC[C@@H](O)Cc2ccccc2N1C. The monoisotopic (exact) mass is 263 g/mol. The molecule has 1 aromatic carbocycles. The molecule has 4 nitrogen and oxygen atoms in total. The Morgan fingerprint density at radius 2 is 2.05 bits per heavy atom. The van der Waals surface area contributed by atoms with Crippen molar-refractivity contribution in [3.05, 3.63) is 29.8 Å². The van der Waals surface area contributed by atoms with E-state index in [-0.39, 0.29) is 24.5 Å². The molecule has 19 heavy (non-hydrogen) atoms. The summed E-state index contributed by atoms with van der Waals surface area (Å²) in [5, 5.41) is 9.92. The second kappa shape index (κ2) is 5.61. The number of aliphatic hydroxyl groups excluding tert-OH is 1. The van der Waals surface area contributed by atoms with Gasteiger partial charge >= 0.3 is 5.97 Å². The van der Waals surface area contributed by atoms with Gasteiger partial charge < -0.3 is 14.7 Å². The van der Waals surface area contributed by atoms with Gasteiger partial charge in [-0.15, -0.1) is 0 Å². The molecule has 2 rings (SSSR count). The summed E-state index contributed by atoms with van der Waals surface area (Å²) >= 11 is 0. The van der Waals surface area contributed by atoms with E-state index in [0.717, 1.165) is 11.3 Å². The number of cyclic esters (lactones) is 1. The van der Waals surface area contributed by atoms with E-state index in [2.05, 4.69) is 0 Å². The Kier molecular flexibility index (Phi) is 4.10. The van der Waals surface area contributed by atoms with Gasteiger partial charge in [-0.1, -0.05) is 32.0 Å².